The van der Waals surface area contributed by atoms with Crippen molar-refractivity contribution in [3.05, 3.63) is 11.8 Å². The third kappa shape index (κ3) is 13.3. The third-order valence-electron chi connectivity index (χ3n) is 5.92. The standard InChI is InChI=1S/C16H27NO6.C16H25NO6/c2*1-15(2,3)22-13(19)11-8-10(12(18)21-7)9-17(11)14(20)23-16(4,5)6/h10-11H,8-9H2,1-7H3;9,11H,8H2,1-7H3/t10-,11-;11-/m00/s1. The van der Waals surface area contributed by atoms with Crippen LogP contribution < -0.4 is 0 Å². The Morgan fingerprint density at radius 2 is 1.04 bits per heavy atom. The van der Waals surface area contributed by atoms with E-state index in [2.05, 4.69) is 4.74 Å². The molecule has 0 aliphatic carbocycles. The van der Waals surface area contributed by atoms with Crippen molar-refractivity contribution in [2.75, 3.05) is 20.8 Å². The summed E-state index contributed by atoms with van der Waals surface area (Å²) in [6, 6.07) is -1.80. The predicted octanol–water partition coefficient (Wildman–Crippen LogP) is 4.52. The normalized spacial score (nSPS) is 20.0. The first-order valence-corrected chi connectivity index (χ1v) is 15.0. The SMILES string of the molecule is COC(=O)C1=CN(C(=O)OC(C)(C)C)[C@H](C(=O)OC(C)(C)C)C1.COC(=O)[C@H]1C[C@@H](C(=O)OC(C)(C)C)N(C(=O)OC(C)(C)C)C1. The summed E-state index contributed by atoms with van der Waals surface area (Å²) in [5, 5.41) is 0. The van der Waals surface area contributed by atoms with Crippen LogP contribution in [0.15, 0.2) is 11.8 Å². The molecule has 2 amide bonds. The maximum atomic E-state index is 12.4. The van der Waals surface area contributed by atoms with E-state index in [1.165, 1.54) is 25.3 Å². The maximum Gasteiger partial charge on any atom is 0.415 e. The van der Waals surface area contributed by atoms with Crippen molar-refractivity contribution in [1.29, 1.82) is 0 Å². The van der Waals surface area contributed by atoms with Gasteiger partial charge in [-0.25, -0.2) is 24.0 Å². The van der Waals surface area contributed by atoms with Crippen LogP contribution in [-0.4, -0.2) is 101 Å². The van der Waals surface area contributed by atoms with Crippen molar-refractivity contribution < 1.29 is 57.2 Å². The highest BCUT2D eigenvalue weighted by atomic mass is 16.6. The van der Waals surface area contributed by atoms with E-state index < -0.39 is 76.5 Å². The third-order valence-corrected chi connectivity index (χ3v) is 5.92. The molecule has 0 spiro atoms. The number of carbonyl (C=O) groups excluding carboxylic acids is 6. The highest BCUT2D eigenvalue weighted by molar-refractivity contribution is 5.94. The van der Waals surface area contributed by atoms with Gasteiger partial charge in [-0.2, -0.15) is 0 Å². The van der Waals surface area contributed by atoms with Crippen molar-refractivity contribution in [2.24, 2.45) is 5.92 Å². The molecule has 2 aliphatic heterocycles. The lowest BCUT2D eigenvalue weighted by atomic mass is 10.1. The van der Waals surface area contributed by atoms with Crippen molar-refractivity contribution in [3.8, 4) is 0 Å². The molecule has 14 heteroatoms. The van der Waals surface area contributed by atoms with Crippen LogP contribution in [0.5, 0.6) is 0 Å². The molecule has 46 heavy (non-hydrogen) atoms. The van der Waals surface area contributed by atoms with Gasteiger partial charge in [0.25, 0.3) is 0 Å². The monoisotopic (exact) mass is 656 g/mol. The summed E-state index contributed by atoms with van der Waals surface area (Å²) in [6.45, 7) is 20.9. The van der Waals surface area contributed by atoms with Crippen LogP contribution >= 0.6 is 0 Å². The second-order valence-electron chi connectivity index (χ2n) is 14.9. The molecule has 0 saturated carbocycles. The molecular weight excluding hydrogens is 604 g/mol. The average molecular weight is 657 g/mol. The van der Waals surface area contributed by atoms with E-state index in [-0.39, 0.29) is 25.0 Å². The van der Waals surface area contributed by atoms with Gasteiger partial charge in [0.15, 0.2) is 0 Å². The molecule has 0 unspecified atom stereocenters. The number of nitrogens with zero attached hydrogens (tertiary/aromatic N) is 2. The summed E-state index contributed by atoms with van der Waals surface area (Å²) in [5.41, 5.74) is -2.59. The van der Waals surface area contributed by atoms with Crippen LogP contribution in [0.25, 0.3) is 0 Å². The molecule has 0 aromatic heterocycles. The van der Waals surface area contributed by atoms with Crippen LogP contribution in [-0.2, 0) is 47.6 Å². The number of carbonyl (C=O) groups is 6. The number of esters is 4. The first-order valence-electron chi connectivity index (χ1n) is 15.0. The Bertz CT molecular complexity index is 1110. The minimum absolute atomic E-state index is 0.0286. The first kappa shape index (κ1) is 40.2. The second-order valence-corrected chi connectivity index (χ2v) is 14.9. The molecule has 0 aromatic rings. The molecule has 1 saturated heterocycles. The molecule has 0 bridgehead atoms. The fourth-order valence-electron chi connectivity index (χ4n) is 4.23. The van der Waals surface area contributed by atoms with Gasteiger partial charge in [-0.05, 0) is 89.5 Å². The molecular formula is C32H52N2O12. The van der Waals surface area contributed by atoms with E-state index in [0.29, 0.717) is 0 Å². The topological polar surface area (TPSA) is 164 Å². The molecule has 2 heterocycles. The summed E-state index contributed by atoms with van der Waals surface area (Å²) in [5.74, 6) is -2.76. The number of methoxy groups -OCH3 is 2. The van der Waals surface area contributed by atoms with Gasteiger partial charge in [0.2, 0.25) is 0 Å². The summed E-state index contributed by atoms with van der Waals surface area (Å²) in [6.07, 6.45) is 0.128. The number of hydrogen-bond donors (Lipinski definition) is 0. The predicted molar refractivity (Wildman–Crippen MR) is 165 cm³/mol. The Labute approximate surface area is 272 Å². The van der Waals surface area contributed by atoms with Crippen molar-refractivity contribution >= 4 is 36.1 Å². The van der Waals surface area contributed by atoms with Crippen LogP contribution in [0.4, 0.5) is 9.59 Å². The number of ether oxygens (including phenoxy) is 6. The zero-order valence-electron chi connectivity index (χ0n) is 29.7. The van der Waals surface area contributed by atoms with Crippen molar-refractivity contribution in [3.63, 3.8) is 0 Å². The number of rotatable bonds is 4. The Morgan fingerprint density at radius 3 is 1.46 bits per heavy atom. The summed E-state index contributed by atoms with van der Waals surface area (Å²) in [4.78, 5) is 75.2. The first-order chi connectivity index (χ1) is 20.7. The van der Waals surface area contributed by atoms with Gasteiger partial charge in [0, 0.05) is 19.2 Å². The van der Waals surface area contributed by atoms with Gasteiger partial charge < -0.3 is 28.4 Å². The summed E-state index contributed by atoms with van der Waals surface area (Å²) < 4.78 is 30.6. The highest BCUT2D eigenvalue weighted by Crippen LogP contribution is 2.29. The Hall–Kier alpha value is -3.84. The lowest BCUT2D eigenvalue weighted by molar-refractivity contribution is -0.161. The number of likely N-dealkylation sites (tertiary alicyclic amines) is 1. The quantitative estimate of drug-likeness (QED) is 0.307. The second kappa shape index (κ2) is 15.2. The molecule has 262 valence electrons. The number of amides is 2. The van der Waals surface area contributed by atoms with Crippen molar-refractivity contribution in [2.45, 2.75) is 130 Å². The Balaban J connectivity index is 0.000000460. The fourth-order valence-corrected chi connectivity index (χ4v) is 4.23. The zero-order chi connectivity index (χ0) is 36.0. The molecule has 0 aromatic carbocycles. The van der Waals surface area contributed by atoms with Gasteiger partial charge >= 0.3 is 36.1 Å². The van der Waals surface area contributed by atoms with Gasteiger partial charge in [-0.1, -0.05) is 0 Å². The Kier molecular flexibility index (Phi) is 13.2. The zero-order valence-corrected chi connectivity index (χ0v) is 29.7. The molecule has 1 fully saturated rings. The number of hydrogen-bond acceptors (Lipinski definition) is 12. The molecule has 2 rings (SSSR count). The molecule has 3 atom stereocenters. The Morgan fingerprint density at radius 1 is 0.609 bits per heavy atom. The minimum atomic E-state index is -0.946. The van der Waals surface area contributed by atoms with E-state index in [0.717, 1.165) is 4.90 Å². The van der Waals surface area contributed by atoms with Crippen LogP contribution in [0.1, 0.15) is 95.9 Å². The van der Waals surface area contributed by atoms with Gasteiger partial charge in [-0.3, -0.25) is 14.6 Å². The minimum Gasteiger partial charge on any atom is -0.469 e. The van der Waals surface area contributed by atoms with Crippen LogP contribution in [0.3, 0.4) is 0 Å². The molecule has 0 radical (unpaired) electrons. The molecule has 14 nitrogen and oxygen atoms in total. The summed E-state index contributed by atoms with van der Waals surface area (Å²) >= 11 is 0. The van der Waals surface area contributed by atoms with Gasteiger partial charge in [-0.15, -0.1) is 0 Å². The average Bonchev–Trinajstić information content (AvgIpc) is 3.50. The van der Waals surface area contributed by atoms with E-state index in [4.69, 9.17) is 23.7 Å². The molecule has 0 N–H and O–H groups in total. The van der Waals surface area contributed by atoms with Gasteiger partial charge in [0.1, 0.15) is 34.5 Å². The van der Waals surface area contributed by atoms with E-state index in [1.807, 2.05) is 0 Å². The van der Waals surface area contributed by atoms with Crippen LogP contribution in [0, 0.1) is 5.92 Å². The smallest absolute Gasteiger partial charge is 0.415 e. The van der Waals surface area contributed by atoms with Gasteiger partial charge in [0.05, 0.1) is 25.7 Å². The highest BCUT2D eigenvalue weighted by Gasteiger charge is 2.46. The largest absolute Gasteiger partial charge is 0.469 e. The van der Waals surface area contributed by atoms with E-state index in [1.54, 1.807) is 83.1 Å². The van der Waals surface area contributed by atoms with Crippen LogP contribution in [0.2, 0.25) is 0 Å². The lowest BCUT2D eigenvalue weighted by Crippen LogP contribution is -2.45. The van der Waals surface area contributed by atoms with Crippen molar-refractivity contribution in [1.82, 2.24) is 9.80 Å². The van der Waals surface area contributed by atoms with E-state index in [9.17, 15) is 28.8 Å². The maximum absolute atomic E-state index is 12.4. The fraction of sp³-hybridized carbons (Fsp3) is 0.750. The molecule has 2 aliphatic rings. The van der Waals surface area contributed by atoms with E-state index >= 15 is 0 Å². The summed E-state index contributed by atoms with van der Waals surface area (Å²) in [7, 11) is 2.52. The lowest BCUT2D eigenvalue weighted by Gasteiger charge is -2.29.